The van der Waals surface area contributed by atoms with E-state index < -0.39 is 33.7 Å². The van der Waals surface area contributed by atoms with Gasteiger partial charge in [-0.05, 0) is 18.8 Å². The maximum Gasteiger partial charge on any atom is 0.326 e. The summed E-state index contributed by atoms with van der Waals surface area (Å²) >= 11 is 0. The van der Waals surface area contributed by atoms with Gasteiger partial charge < -0.3 is 15.3 Å². The van der Waals surface area contributed by atoms with Gasteiger partial charge >= 0.3 is 5.97 Å². The van der Waals surface area contributed by atoms with Gasteiger partial charge in [0.25, 0.3) is 0 Å². The van der Waals surface area contributed by atoms with Crippen molar-refractivity contribution in [1.82, 2.24) is 10.2 Å². The Morgan fingerprint density at radius 1 is 1.38 bits per heavy atom. The highest BCUT2D eigenvalue weighted by molar-refractivity contribution is 7.91. The molecule has 0 aromatic carbocycles. The molecule has 2 rings (SSSR count). The lowest BCUT2D eigenvalue weighted by Gasteiger charge is -2.23. The largest absolute Gasteiger partial charge is 0.480 e. The molecular weight excluding hydrogens is 336 g/mol. The summed E-state index contributed by atoms with van der Waals surface area (Å²) < 4.78 is 23.1. The van der Waals surface area contributed by atoms with Crippen molar-refractivity contribution in [3.05, 3.63) is 0 Å². The summed E-state index contributed by atoms with van der Waals surface area (Å²) in [5.41, 5.74) is 0. The van der Waals surface area contributed by atoms with E-state index in [0.717, 1.165) is 0 Å². The molecule has 136 valence electrons. The zero-order chi connectivity index (χ0) is 18.1. The second-order valence-corrected chi connectivity index (χ2v) is 9.26. The molecule has 0 aromatic rings. The lowest BCUT2D eigenvalue weighted by Crippen LogP contribution is -2.45. The zero-order valence-electron chi connectivity index (χ0n) is 13.9. The fourth-order valence-electron chi connectivity index (χ4n) is 3.26. The number of carboxylic acid groups (broad SMARTS) is 1. The van der Waals surface area contributed by atoms with Crippen molar-refractivity contribution in [1.29, 1.82) is 0 Å². The van der Waals surface area contributed by atoms with E-state index in [1.165, 1.54) is 4.90 Å². The number of nitrogens with zero attached hydrogens (tertiary/aromatic N) is 1. The van der Waals surface area contributed by atoms with Crippen LogP contribution in [0.5, 0.6) is 0 Å². The molecule has 2 heterocycles. The molecule has 2 saturated heterocycles. The normalized spacial score (nSPS) is 27.5. The molecule has 2 fully saturated rings. The number of carbonyl (C=O) groups is 3. The molecule has 2 N–H and O–H groups in total. The lowest BCUT2D eigenvalue weighted by molar-refractivity contribution is -0.142. The van der Waals surface area contributed by atoms with Gasteiger partial charge in [0.05, 0.1) is 17.4 Å². The van der Waals surface area contributed by atoms with E-state index in [9.17, 15) is 27.9 Å². The SMILES string of the molecule is CC(C)C[C@@H](NC(=O)C1CC(=O)N(C2CCS(=O)(=O)C2)C1)C(=O)O. The number of rotatable bonds is 6. The minimum atomic E-state index is -3.11. The number of sulfone groups is 1. The van der Waals surface area contributed by atoms with Crippen LogP contribution in [0, 0.1) is 11.8 Å². The van der Waals surface area contributed by atoms with E-state index in [-0.39, 0.29) is 42.3 Å². The van der Waals surface area contributed by atoms with E-state index in [4.69, 9.17) is 0 Å². The molecule has 24 heavy (non-hydrogen) atoms. The molecule has 2 aliphatic rings. The minimum Gasteiger partial charge on any atom is -0.480 e. The summed E-state index contributed by atoms with van der Waals surface area (Å²) in [4.78, 5) is 37.1. The number of aliphatic carboxylic acids is 1. The van der Waals surface area contributed by atoms with Crippen LogP contribution in [0.1, 0.15) is 33.1 Å². The second-order valence-electron chi connectivity index (χ2n) is 7.03. The number of hydrogen-bond acceptors (Lipinski definition) is 5. The molecule has 0 spiro atoms. The van der Waals surface area contributed by atoms with Crippen LogP contribution in [0.15, 0.2) is 0 Å². The van der Waals surface area contributed by atoms with E-state index in [2.05, 4.69) is 5.32 Å². The van der Waals surface area contributed by atoms with Gasteiger partial charge in [-0.1, -0.05) is 13.8 Å². The molecule has 2 unspecified atom stereocenters. The van der Waals surface area contributed by atoms with Gasteiger partial charge in [0.2, 0.25) is 11.8 Å². The molecular formula is C15H24N2O6S. The maximum atomic E-state index is 12.3. The van der Waals surface area contributed by atoms with Crippen molar-refractivity contribution < 1.29 is 27.9 Å². The van der Waals surface area contributed by atoms with Gasteiger partial charge in [-0.2, -0.15) is 0 Å². The average molecular weight is 360 g/mol. The standard InChI is InChI=1S/C15H24N2O6S/c1-9(2)5-12(15(20)21)16-14(19)10-6-13(18)17(7-10)11-3-4-24(22,23)8-11/h9-12H,3-8H2,1-2H3,(H,16,19)(H,20,21)/t10?,11?,12-/m1/s1. The number of amides is 2. The minimum absolute atomic E-state index is 0.00357. The van der Waals surface area contributed by atoms with Crippen molar-refractivity contribution >= 4 is 27.6 Å². The van der Waals surface area contributed by atoms with Crippen molar-refractivity contribution in [3.63, 3.8) is 0 Å². The number of nitrogens with one attached hydrogen (secondary N) is 1. The molecule has 0 saturated carbocycles. The smallest absolute Gasteiger partial charge is 0.326 e. The Morgan fingerprint density at radius 3 is 2.54 bits per heavy atom. The van der Waals surface area contributed by atoms with E-state index in [0.29, 0.717) is 12.8 Å². The third-order valence-corrected chi connectivity index (χ3v) is 6.25. The van der Waals surface area contributed by atoms with Crippen molar-refractivity contribution in [2.45, 2.75) is 45.2 Å². The summed E-state index contributed by atoms with van der Waals surface area (Å²) in [7, 11) is -3.11. The van der Waals surface area contributed by atoms with Crippen LogP contribution < -0.4 is 5.32 Å². The Bertz CT molecular complexity index is 630. The number of carbonyl (C=O) groups excluding carboxylic acids is 2. The van der Waals surface area contributed by atoms with E-state index >= 15 is 0 Å². The van der Waals surface area contributed by atoms with Crippen LogP contribution in [0.4, 0.5) is 0 Å². The van der Waals surface area contributed by atoms with Gasteiger partial charge in [0, 0.05) is 19.0 Å². The molecule has 2 aliphatic heterocycles. The summed E-state index contributed by atoms with van der Waals surface area (Å²) in [6, 6.07) is -1.35. The molecule has 0 radical (unpaired) electrons. The predicted octanol–water partition coefficient (Wildman–Crippen LogP) is -0.362. The highest BCUT2D eigenvalue weighted by atomic mass is 32.2. The predicted molar refractivity (Wildman–Crippen MR) is 85.9 cm³/mol. The van der Waals surface area contributed by atoms with Crippen molar-refractivity contribution in [3.8, 4) is 0 Å². The monoisotopic (exact) mass is 360 g/mol. The van der Waals surface area contributed by atoms with Crippen LogP contribution in [0.3, 0.4) is 0 Å². The van der Waals surface area contributed by atoms with Crippen LogP contribution in [-0.2, 0) is 24.2 Å². The summed E-state index contributed by atoms with van der Waals surface area (Å²) in [6.07, 6.45) is 0.705. The third kappa shape index (κ3) is 4.46. The lowest BCUT2D eigenvalue weighted by atomic mass is 10.0. The fraction of sp³-hybridized carbons (Fsp3) is 0.800. The highest BCUT2D eigenvalue weighted by Crippen LogP contribution is 2.26. The Hall–Kier alpha value is -1.64. The fourth-order valence-corrected chi connectivity index (χ4v) is 4.99. The Morgan fingerprint density at radius 2 is 2.04 bits per heavy atom. The number of hydrogen-bond donors (Lipinski definition) is 2. The molecule has 8 nitrogen and oxygen atoms in total. The van der Waals surface area contributed by atoms with E-state index in [1.807, 2.05) is 13.8 Å². The van der Waals surface area contributed by atoms with Crippen LogP contribution in [0.2, 0.25) is 0 Å². The van der Waals surface area contributed by atoms with Crippen LogP contribution in [0.25, 0.3) is 0 Å². The molecule has 9 heteroatoms. The van der Waals surface area contributed by atoms with Crippen LogP contribution in [-0.4, -0.2) is 66.3 Å². The molecule has 0 bridgehead atoms. The first-order chi connectivity index (χ1) is 11.1. The molecule has 0 aliphatic carbocycles. The average Bonchev–Trinajstić information content (AvgIpc) is 3.00. The first-order valence-corrected chi connectivity index (χ1v) is 9.94. The van der Waals surface area contributed by atoms with Crippen LogP contribution >= 0.6 is 0 Å². The summed E-state index contributed by atoms with van der Waals surface area (Å²) in [5.74, 6) is -2.31. The molecule has 0 aromatic heterocycles. The van der Waals surface area contributed by atoms with E-state index in [1.54, 1.807) is 0 Å². The van der Waals surface area contributed by atoms with Gasteiger partial charge in [-0.3, -0.25) is 9.59 Å². The topological polar surface area (TPSA) is 121 Å². The number of carboxylic acids is 1. The highest BCUT2D eigenvalue weighted by Gasteiger charge is 2.42. The summed E-state index contributed by atoms with van der Waals surface area (Å²) in [6.45, 7) is 3.88. The first-order valence-electron chi connectivity index (χ1n) is 8.12. The maximum absolute atomic E-state index is 12.3. The Balaban J connectivity index is 1.97. The molecule has 3 atom stereocenters. The van der Waals surface area contributed by atoms with Gasteiger partial charge in [0.15, 0.2) is 9.84 Å². The second kappa shape index (κ2) is 7.08. The zero-order valence-corrected chi connectivity index (χ0v) is 14.7. The first kappa shape index (κ1) is 18.7. The quantitative estimate of drug-likeness (QED) is 0.667. The van der Waals surface area contributed by atoms with Gasteiger partial charge in [-0.25, -0.2) is 13.2 Å². The van der Waals surface area contributed by atoms with Gasteiger partial charge in [0.1, 0.15) is 6.04 Å². The Labute approximate surface area is 141 Å². The Kier molecular flexibility index (Phi) is 5.52. The van der Waals surface area contributed by atoms with Crippen molar-refractivity contribution in [2.24, 2.45) is 11.8 Å². The number of likely N-dealkylation sites (tertiary alicyclic amines) is 1. The van der Waals surface area contributed by atoms with Gasteiger partial charge in [-0.15, -0.1) is 0 Å². The summed E-state index contributed by atoms with van der Waals surface area (Å²) in [5, 5.41) is 11.7. The third-order valence-electron chi connectivity index (χ3n) is 4.50. The van der Waals surface area contributed by atoms with Crippen molar-refractivity contribution in [2.75, 3.05) is 18.1 Å². The molecule has 2 amide bonds.